The number of fused-ring (bicyclic) bond motifs is 1. The van der Waals surface area contributed by atoms with Crippen molar-refractivity contribution in [3.05, 3.63) is 118 Å². The molecule has 4 heteroatoms. The molecule has 4 rings (SSSR count). The quantitative estimate of drug-likeness (QED) is 0.544. The van der Waals surface area contributed by atoms with E-state index < -0.39 is 0 Å². The van der Waals surface area contributed by atoms with Crippen molar-refractivity contribution >= 4 is 16.7 Å². The third-order valence-electron chi connectivity index (χ3n) is 5.01. The van der Waals surface area contributed by atoms with Gasteiger partial charge in [0.05, 0.1) is 0 Å². The van der Waals surface area contributed by atoms with E-state index in [0.29, 0.717) is 30.6 Å². The van der Waals surface area contributed by atoms with Crippen molar-refractivity contribution in [2.45, 2.75) is 19.5 Å². The Morgan fingerprint density at radius 2 is 1.41 bits per heavy atom. The fraction of sp³-hybridized carbons (Fsp3) is 0.120. The maximum atomic E-state index is 13.1. The fourth-order valence-electron chi connectivity index (χ4n) is 3.46. The number of carbonyl (C=O) groups excluding carboxylic acids is 1. The molecule has 4 aromatic rings. The van der Waals surface area contributed by atoms with E-state index in [4.69, 9.17) is 0 Å². The van der Waals surface area contributed by atoms with E-state index in [1.165, 1.54) is 0 Å². The molecule has 1 amide bonds. The second-order valence-electron chi connectivity index (χ2n) is 6.98. The van der Waals surface area contributed by atoms with E-state index in [0.717, 1.165) is 16.5 Å². The molecule has 0 fully saturated rings. The van der Waals surface area contributed by atoms with Crippen LogP contribution in [0, 0.1) is 0 Å². The fourth-order valence-corrected chi connectivity index (χ4v) is 3.46. The normalized spacial score (nSPS) is 10.8. The molecular weight excluding hydrogens is 360 g/mol. The summed E-state index contributed by atoms with van der Waals surface area (Å²) in [5.74, 6) is -0.246. The van der Waals surface area contributed by atoms with Crippen LogP contribution in [0.4, 0.5) is 0 Å². The summed E-state index contributed by atoms with van der Waals surface area (Å²) >= 11 is 0. The molecule has 3 aromatic carbocycles. The Kier molecular flexibility index (Phi) is 5.52. The summed E-state index contributed by atoms with van der Waals surface area (Å²) in [6.45, 7) is 0.862. The average molecular weight is 382 g/mol. The smallest absolute Gasteiger partial charge is 0.268 e. The lowest BCUT2D eigenvalue weighted by atomic mass is 10.1. The van der Waals surface area contributed by atoms with Crippen LogP contribution in [-0.2, 0) is 19.5 Å². The minimum atomic E-state index is -0.246. The monoisotopic (exact) mass is 382 g/mol. The lowest BCUT2D eigenvalue weighted by molar-refractivity contribution is 0.0940. The second kappa shape index (κ2) is 8.57. The summed E-state index contributed by atoms with van der Waals surface area (Å²) < 4.78 is 1.59. The lowest BCUT2D eigenvalue weighted by Gasteiger charge is -2.15. The predicted octanol–water partition coefficient (Wildman–Crippen LogP) is 4.17. The molecule has 4 nitrogen and oxygen atoms in total. The number of rotatable bonds is 6. The van der Waals surface area contributed by atoms with Gasteiger partial charge in [0.2, 0.25) is 0 Å². The minimum absolute atomic E-state index is 0.135. The number of pyridine rings is 1. The molecule has 0 aliphatic carbocycles. The van der Waals surface area contributed by atoms with Crippen LogP contribution in [0.15, 0.2) is 95.8 Å². The van der Waals surface area contributed by atoms with Crippen LogP contribution < -0.4 is 10.9 Å². The first-order valence-electron chi connectivity index (χ1n) is 9.71. The number of nitrogens with one attached hydrogen (secondary N) is 1. The third-order valence-corrected chi connectivity index (χ3v) is 5.01. The average Bonchev–Trinajstić information content (AvgIpc) is 2.78. The number of nitrogens with zero attached hydrogens (tertiary/aromatic N) is 1. The van der Waals surface area contributed by atoms with Crippen molar-refractivity contribution in [2.24, 2.45) is 0 Å². The molecule has 0 saturated heterocycles. The van der Waals surface area contributed by atoms with Gasteiger partial charge in [-0.25, -0.2) is 0 Å². The lowest BCUT2D eigenvalue weighted by Crippen LogP contribution is -2.32. The number of amides is 1. The Balaban J connectivity index is 1.66. The van der Waals surface area contributed by atoms with Crippen molar-refractivity contribution in [3.8, 4) is 0 Å². The predicted molar refractivity (Wildman–Crippen MR) is 116 cm³/mol. The number of carbonyl (C=O) groups is 1. The van der Waals surface area contributed by atoms with Gasteiger partial charge in [0, 0.05) is 18.5 Å². The van der Waals surface area contributed by atoms with Gasteiger partial charge < -0.3 is 9.88 Å². The van der Waals surface area contributed by atoms with Crippen molar-refractivity contribution in [3.63, 3.8) is 0 Å². The van der Waals surface area contributed by atoms with Crippen LogP contribution in [0.1, 0.15) is 21.6 Å². The van der Waals surface area contributed by atoms with E-state index >= 15 is 0 Å². The van der Waals surface area contributed by atoms with Crippen LogP contribution in [0.3, 0.4) is 0 Å². The highest BCUT2D eigenvalue weighted by molar-refractivity contribution is 5.96. The van der Waals surface area contributed by atoms with Crippen molar-refractivity contribution < 1.29 is 4.79 Å². The maximum absolute atomic E-state index is 13.1. The third kappa shape index (κ3) is 4.27. The molecule has 0 spiro atoms. The number of aromatic nitrogens is 1. The Morgan fingerprint density at radius 3 is 2.14 bits per heavy atom. The second-order valence-corrected chi connectivity index (χ2v) is 6.98. The van der Waals surface area contributed by atoms with E-state index in [9.17, 15) is 9.59 Å². The van der Waals surface area contributed by atoms with Gasteiger partial charge in [-0.1, -0.05) is 78.9 Å². The molecule has 0 radical (unpaired) electrons. The van der Waals surface area contributed by atoms with Gasteiger partial charge in [-0.2, -0.15) is 0 Å². The van der Waals surface area contributed by atoms with Crippen LogP contribution in [0.5, 0.6) is 0 Å². The molecule has 0 unspecified atom stereocenters. The van der Waals surface area contributed by atoms with Crippen molar-refractivity contribution in [1.29, 1.82) is 0 Å². The molecule has 144 valence electrons. The highest BCUT2D eigenvalue weighted by Gasteiger charge is 2.15. The zero-order valence-electron chi connectivity index (χ0n) is 16.0. The van der Waals surface area contributed by atoms with Crippen molar-refractivity contribution in [1.82, 2.24) is 9.88 Å². The Morgan fingerprint density at radius 1 is 0.793 bits per heavy atom. The SMILES string of the molecule is O=C(NCc1ccccc1)c1cc2ccccc2c(=O)n1CCc1ccccc1. The van der Waals surface area contributed by atoms with Gasteiger partial charge in [0.25, 0.3) is 11.5 Å². The van der Waals surface area contributed by atoms with Crippen LogP contribution in [0.25, 0.3) is 10.8 Å². The van der Waals surface area contributed by atoms with Gasteiger partial charge in [0.1, 0.15) is 5.69 Å². The highest BCUT2D eigenvalue weighted by Crippen LogP contribution is 2.13. The Hall–Kier alpha value is -3.66. The first-order chi connectivity index (χ1) is 14.2. The zero-order chi connectivity index (χ0) is 20.1. The standard InChI is InChI=1S/C25H22N2O2/c28-24(26-18-20-11-5-2-6-12-20)23-17-21-13-7-8-14-22(21)25(29)27(23)16-15-19-9-3-1-4-10-19/h1-14,17H,15-16,18H2,(H,26,28). The van der Waals surface area contributed by atoms with Crippen LogP contribution in [0.2, 0.25) is 0 Å². The van der Waals surface area contributed by atoms with Gasteiger partial charge in [-0.15, -0.1) is 0 Å². The summed E-state index contributed by atoms with van der Waals surface area (Å²) in [6.07, 6.45) is 0.679. The van der Waals surface area contributed by atoms with Crippen molar-refractivity contribution in [2.75, 3.05) is 0 Å². The van der Waals surface area contributed by atoms with E-state index in [1.807, 2.05) is 91.0 Å². The molecule has 0 bridgehead atoms. The number of aryl methyl sites for hydroxylation is 1. The minimum Gasteiger partial charge on any atom is -0.347 e. The van der Waals surface area contributed by atoms with E-state index in [1.54, 1.807) is 4.57 Å². The molecule has 1 N–H and O–H groups in total. The maximum Gasteiger partial charge on any atom is 0.268 e. The molecular formula is C25H22N2O2. The highest BCUT2D eigenvalue weighted by atomic mass is 16.2. The van der Waals surface area contributed by atoms with Crippen LogP contribution in [-0.4, -0.2) is 10.5 Å². The summed E-state index contributed by atoms with van der Waals surface area (Å²) in [5.41, 5.74) is 2.40. The molecule has 0 aliphatic heterocycles. The molecule has 0 aliphatic rings. The Bertz CT molecular complexity index is 1180. The van der Waals surface area contributed by atoms with Gasteiger partial charge >= 0.3 is 0 Å². The topological polar surface area (TPSA) is 51.1 Å². The molecule has 1 heterocycles. The van der Waals surface area contributed by atoms with Gasteiger partial charge in [-0.3, -0.25) is 9.59 Å². The summed E-state index contributed by atoms with van der Waals surface area (Å²) in [6, 6.07) is 28.9. The van der Waals surface area contributed by atoms with Gasteiger partial charge in [-0.05, 0) is 35.1 Å². The van der Waals surface area contributed by atoms with Crippen LogP contribution >= 0.6 is 0 Å². The van der Waals surface area contributed by atoms with E-state index in [2.05, 4.69) is 5.32 Å². The molecule has 29 heavy (non-hydrogen) atoms. The first kappa shape index (κ1) is 18.7. The molecule has 0 atom stereocenters. The summed E-state index contributed by atoms with van der Waals surface area (Å²) in [5, 5.41) is 4.35. The van der Waals surface area contributed by atoms with Gasteiger partial charge in [0.15, 0.2) is 0 Å². The molecule has 1 aromatic heterocycles. The number of hydrogen-bond acceptors (Lipinski definition) is 2. The summed E-state index contributed by atoms with van der Waals surface area (Å²) in [4.78, 5) is 26.1. The molecule has 0 saturated carbocycles. The number of hydrogen-bond donors (Lipinski definition) is 1. The largest absolute Gasteiger partial charge is 0.347 e. The first-order valence-corrected chi connectivity index (χ1v) is 9.71. The zero-order valence-corrected chi connectivity index (χ0v) is 16.0. The van der Waals surface area contributed by atoms with E-state index in [-0.39, 0.29) is 11.5 Å². The summed E-state index contributed by atoms with van der Waals surface area (Å²) in [7, 11) is 0. The Labute approximate surface area is 169 Å². The number of benzene rings is 3.